The van der Waals surface area contributed by atoms with Gasteiger partial charge < -0.3 is 19.2 Å². The number of oxazole rings is 1. The van der Waals surface area contributed by atoms with E-state index in [1.54, 1.807) is 30.3 Å². The molecule has 0 fully saturated rings. The molecule has 3 aromatic rings. The number of fused-ring (bicyclic) bond motifs is 1. The summed E-state index contributed by atoms with van der Waals surface area (Å²) in [7, 11) is 1.52. The van der Waals surface area contributed by atoms with Gasteiger partial charge in [0.25, 0.3) is 0 Å². The number of anilines is 1. The number of nitrogens with one attached hydrogen (secondary N) is 1. The molecule has 1 aromatic heterocycles. The molecule has 0 saturated carbocycles. The van der Waals surface area contributed by atoms with Crippen LogP contribution in [-0.4, -0.2) is 30.4 Å². The van der Waals surface area contributed by atoms with Crippen molar-refractivity contribution < 1.29 is 23.5 Å². The van der Waals surface area contributed by atoms with Gasteiger partial charge in [-0.1, -0.05) is 13.8 Å². The van der Waals surface area contributed by atoms with Crippen LogP contribution in [0.5, 0.6) is 11.5 Å². The Hall–Kier alpha value is -3.35. The van der Waals surface area contributed by atoms with Crippen molar-refractivity contribution in [1.29, 1.82) is 0 Å². The van der Waals surface area contributed by atoms with Crippen molar-refractivity contribution in [3.05, 3.63) is 47.9 Å². The first-order valence-corrected chi connectivity index (χ1v) is 9.89. The van der Waals surface area contributed by atoms with E-state index in [0.29, 0.717) is 53.7 Å². The van der Waals surface area contributed by atoms with Gasteiger partial charge in [-0.25, -0.2) is 4.98 Å². The Bertz CT molecular complexity index is 1050. The molecule has 30 heavy (non-hydrogen) atoms. The summed E-state index contributed by atoms with van der Waals surface area (Å²) in [5.74, 6) is 1.77. The van der Waals surface area contributed by atoms with E-state index in [1.165, 1.54) is 14.0 Å². The number of amides is 1. The predicted molar refractivity (Wildman–Crippen MR) is 114 cm³/mol. The summed E-state index contributed by atoms with van der Waals surface area (Å²) >= 11 is 0. The first-order valence-electron chi connectivity index (χ1n) is 9.89. The second kappa shape index (κ2) is 9.43. The minimum Gasteiger partial charge on any atom is -0.493 e. The molecule has 0 atom stereocenters. The molecule has 158 valence electrons. The number of methoxy groups -OCH3 is 1. The van der Waals surface area contributed by atoms with Crippen molar-refractivity contribution in [3.63, 3.8) is 0 Å². The van der Waals surface area contributed by atoms with Crippen LogP contribution >= 0.6 is 0 Å². The Morgan fingerprint density at radius 2 is 1.93 bits per heavy atom. The fraction of sp³-hybridized carbons (Fsp3) is 0.348. The lowest BCUT2D eigenvalue weighted by atomic mass is 10.1. The average molecular weight is 410 g/mol. The van der Waals surface area contributed by atoms with Crippen LogP contribution in [0, 0.1) is 0 Å². The highest BCUT2D eigenvalue weighted by molar-refractivity contribution is 5.94. The van der Waals surface area contributed by atoms with Gasteiger partial charge in [-0.05, 0) is 49.7 Å². The highest BCUT2D eigenvalue weighted by Gasteiger charge is 2.11. The number of ether oxygens (including phenoxy) is 2. The summed E-state index contributed by atoms with van der Waals surface area (Å²) in [6.45, 7) is 5.88. The van der Waals surface area contributed by atoms with Gasteiger partial charge in [-0.3, -0.25) is 9.59 Å². The van der Waals surface area contributed by atoms with Crippen LogP contribution in [0.4, 0.5) is 5.69 Å². The highest BCUT2D eigenvalue weighted by atomic mass is 16.5. The van der Waals surface area contributed by atoms with Crippen molar-refractivity contribution in [2.45, 2.75) is 39.5 Å². The summed E-state index contributed by atoms with van der Waals surface area (Å²) < 4.78 is 16.7. The zero-order valence-electron chi connectivity index (χ0n) is 17.7. The molecule has 0 saturated heterocycles. The van der Waals surface area contributed by atoms with E-state index in [9.17, 15) is 9.59 Å². The molecule has 7 nitrogen and oxygen atoms in total. The smallest absolute Gasteiger partial charge is 0.224 e. The predicted octanol–water partition coefficient (Wildman–Crippen LogP) is 4.96. The molecular formula is C23H26N2O5. The number of Topliss-reactive ketones (excluding diaryl/α,β-unsaturated/α-hetero) is 1. The van der Waals surface area contributed by atoms with Crippen LogP contribution in [0.1, 0.15) is 55.8 Å². The first kappa shape index (κ1) is 21.4. The zero-order chi connectivity index (χ0) is 21.7. The second-order valence-electron chi connectivity index (χ2n) is 7.31. The maximum atomic E-state index is 12.2. The van der Waals surface area contributed by atoms with Crippen molar-refractivity contribution in [2.75, 3.05) is 19.0 Å². The molecule has 0 aliphatic carbocycles. The molecule has 1 N–H and O–H groups in total. The average Bonchev–Trinajstić information content (AvgIpc) is 3.15. The molecule has 0 radical (unpaired) electrons. The molecule has 1 amide bonds. The van der Waals surface area contributed by atoms with Crippen molar-refractivity contribution >= 4 is 28.5 Å². The van der Waals surface area contributed by atoms with Crippen molar-refractivity contribution in [3.8, 4) is 11.5 Å². The molecule has 0 spiro atoms. The lowest BCUT2D eigenvalue weighted by Crippen LogP contribution is -2.12. The largest absolute Gasteiger partial charge is 0.493 e. The number of aromatic nitrogens is 1. The fourth-order valence-electron chi connectivity index (χ4n) is 2.91. The number of ketones is 1. The van der Waals surface area contributed by atoms with E-state index < -0.39 is 0 Å². The Labute approximate surface area is 175 Å². The van der Waals surface area contributed by atoms with E-state index in [-0.39, 0.29) is 17.6 Å². The van der Waals surface area contributed by atoms with Crippen LogP contribution < -0.4 is 14.8 Å². The number of nitrogens with zero attached hydrogens (tertiary/aromatic N) is 1. The summed E-state index contributed by atoms with van der Waals surface area (Å²) in [5, 5.41) is 2.88. The number of hydrogen-bond acceptors (Lipinski definition) is 6. The van der Waals surface area contributed by atoms with Crippen LogP contribution in [0.3, 0.4) is 0 Å². The Morgan fingerprint density at radius 1 is 1.13 bits per heavy atom. The topological polar surface area (TPSA) is 90.7 Å². The quantitative estimate of drug-likeness (QED) is 0.396. The summed E-state index contributed by atoms with van der Waals surface area (Å²) in [6, 6.07) is 10.5. The normalized spacial score (nSPS) is 11.0. The minimum atomic E-state index is -0.107. The summed E-state index contributed by atoms with van der Waals surface area (Å²) in [4.78, 5) is 28.2. The van der Waals surface area contributed by atoms with Gasteiger partial charge in [0.15, 0.2) is 28.8 Å². The molecule has 0 aliphatic rings. The van der Waals surface area contributed by atoms with Gasteiger partial charge in [-0.2, -0.15) is 0 Å². The maximum Gasteiger partial charge on any atom is 0.224 e. The van der Waals surface area contributed by atoms with E-state index in [0.717, 1.165) is 5.52 Å². The molecule has 2 aromatic carbocycles. The third-order valence-electron chi connectivity index (χ3n) is 4.56. The molecular weight excluding hydrogens is 384 g/mol. The number of hydrogen-bond donors (Lipinski definition) is 1. The molecule has 0 aliphatic heterocycles. The van der Waals surface area contributed by atoms with E-state index in [2.05, 4.69) is 10.3 Å². The standard InChI is InChI=1S/C23H26N2O5/c1-14(2)23-25-18-13-17(8-10-19(18)30-23)24-22(27)6-5-11-29-20-9-7-16(15(3)26)12-21(20)28-4/h7-10,12-14H,5-6,11H2,1-4H3,(H,24,27). The molecule has 0 bridgehead atoms. The van der Waals surface area contributed by atoms with E-state index >= 15 is 0 Å². The lowest BCUT2D eigenvalue weighted by Gasteiger charge is -2.11. The third kappa shape index (κ3) is 5.17. The van der Waals surface area contributed by atoms with Crippen LogP contribution in [-0.2, 0) is 4.79 Å². The number of carbonyl (C=O) groups is 2. The third-order valence-corrected chi connectivity index (χ3v) is 4.56. The summed E-state index contributed by atoms with van der Waals surface area (Å²) in [6.07, 6.45) is 0.842. The summed E-state index contributed by atoms with van der Waals surface area (Å²) in [5.41, 5.74) is 2.66. The van der Waals surface area contributed by atoms with Crippen LogP contribution in [0.15, 0.2) is 40.8 Å². The number of benzene rings is 2. The minimum absolute atomic E-state index is 0.0410. The SMILES string of the molecule is COc1cc(C(C)=O)ccc1OCCCC(=O)Nc1ccc2oc(C(C)C)nc2c1. The zero-order valence-corrected chi connectivity index (χ0v) is 17.7. The van der Waals surface area contributed by atoms with Gasteiger partial charge in [0, 0.05) is 23.6 Å². The van der Waals surface area contributed by atoms with E-state index in [1.807, 2.05) is 19.9 Å². The van der Waals surface area contributed by atoms with Crippen LogP contribution in [0.2, 0.25) is 0 Å². The molecule has 3 rings (SSSR count). The monoisotopic (exact) mass is 410 g/mol. The second-order valence-corrected chi connectivity index (χ2v) is 7.31. The Kier molecular flexibility index (Phi) is 6.72. The van der Waals surface area contributed by atoms with Gasteiger partial charge in [0.05, 0.1) is 13.7 Å². The van der Waals surface area contributed by atoms with Gasteiger partial charge in [-0.15, -0.1) is 0 Å². The molecule has 0 unspecified atom stereocenters. The number of carbonyl (C=O) groups excluding carboxylic acids is 2. The fourth-order valence-corrected chi connectivity index (χ4v) is 2.91. The first-order chi connectivity index (χ1) is 14.4. The lowest BCUT2D eigenvalue weighted by molar-refractivity contribution is -0.116. The van der Waals surface area contributed by atoms with Gasteiger partial charge in [0.2, 0.25) is 5.91 Å². The Balaban J connectivity index is 1.50. The number of rotatable bonds is 9. The van der Waals surface area contributed by atoms with Gasteiger partial charge >= 0.3 is 0 Å². The van der Waals surface area contributed by atoms with Crippen molar-refractivity contribution in [1.82, 2.24) is 4.98 Å². The highest BCUT2D eigenvalue weighted by Crippen LogP contribution is 2.28. The van der Waals surface area contributed by atoms with Crippen LogP contribution in [0.25, 0.3) is 11.1 Å². The van der Waals surface area contributed by atoms with Gasteiger partial charge in [0.1, 0.15) is 5.52 Å². The van der Waals surface area contributed by atoms with Crippen molar-refractivity contribution in [2.24, 2.45) is 0 Å². The molecule has 7 heteroatoms. The maximum absolute atomic E-state index is 12.2. The van der Waals surface area contributed by atoms with E-state index in [4.69, 9.17) is 13.9 Å². The Morgan fingerprint density at radius 3 is 2.63 bits per heavy atom. The molecule has 1 heterocycles.